The molecule has 0 spiro atoms. The van der Waals surface area contributed by atoms with Crippen molar-refractivity contribution in [3.63, 3.8) is 0 Å². The van der Waals surface area contributed by atoms with Gasteiger partial charge in [-0.15, -0.1) is 10.2 Å². The summed E-state index contributed by atoms with van der Waals surface area (Å²) in [4.78, 5) is 10.7. The molecule has 0 aliphatic heterocycles. The van der Waals surface area contributed by atoms with E-state index in [0.717, 1.165) is 11.4 Å². The first kappa shape index (κ1) is 13.6. The Kier molecular flexibility index (Phi) is 4.21. The van der Waals surface area contributed by atoms with E-state index in [1.165, 1.54) is 11.8 Å². The lowest BCUT2D eigenvalue weighted by Gasteiger charge is -2.17. The van der Waals surface area contributed by atoms with Crippen LogP contribution in [0.1, 0.15) is 24.4 Å². The van der Waals surface area contributed by atoms with Crippen LogP contribution in [0.5, 0.6) is 0 Å². The topological polar surface area (TPSA) is 68.0 Å². The van der Waals surface area contributed by atoms with Gasteiger partial charge in [0.1, 0.15) is 5.82 Å². The molecule has 5 nitrogen and oxygen atoms in total. The smallest absolute Gasteiger partial charge is 0.313 e. The van der Waals surface area contributed by atoms with Gasteiger partial charge in [0.25, 0.3) is 0 Å². The molecule has 0 amide bonds. The number of nitrogens with zero attached hydrogens (tertiary/aromatic N) is 3. The van der Waals surface area contributed by atoms with Gasteiger partial charge in [-0.2, -0.15) is 0 Å². The van der Waals surface area contributed by atoms with Crippen LogP contribution < -0.4 is 0 Å². The lowest BCUT2D eigenvalue weighted by molar-refractivity contribution is -0.133. The number of thioether (sulfide) groups is 1. The summed E-state index contributed by atoms with van der Waals surface area (Å²) in [6, 6.07) is 10.1. The van der Waals surface area contributed by atoms with Crippen LogP contribution in [-0.2, 0) is 4.79 Å². The van der Waals surface area contributed by atoms with Gasteiger partial charge in [-0.1, -0.05) is 42.1 Å². The van der Waals surface area contributed by atoms with Crippen LogP contribution in [-0.4, -0.2) is 31.6 Å². The first-order chi connectivity index (χ1) is 9.09. The zero-order valence-electron chi connectivity index (χ0n) is 10.8. The third-order valence-corrected chi connectivity index (χ3v) is 3.76. The molecule has 100 valence electrons. The van der Waals surface area contributed by atoms with Gasteiger partial charge < -0.3 is 5.11 Å². The molecule has 1 unspecified atom stereocenters. The molecular formula is C13H15N3O2S. The van der Waals surface area contributed by atoms with Crippen molar-refractivity contribution in [2.45, 2.75) is 25.0 Å². The second-order valence-corrected chi connectivity index (χ2v) is 5.11. The van der Waals surface area contributed by atoms with E-state index in [-0.39, 0.29) is 11.8 Å². The molecule has 1 atom stereocenters. The molecule has 1 aromatic carbocycles. The van der Waals surface area contributed by atoms with Crippen LogP contribution in [0.15, 0.2) is 35.5 Å². The molecule has 19 heavy (non-hydrogen) atoms. The zero-order valence-corrected chi connectivity index (χ0v) is 11.6. The number of aromatic nitrogens is 3. The van der Waals surface area contributed by atoms with Crippen molar-refractivity contribution in [2.24, 2.45) is 0 Å². The summed E-state index contributed by atoms with van der Waals surface area (Å²) in [5.74, 6) is -0.0894. The Morgan fingerprint density at radius 3 is 2.68 bits per heavy atom. The highest BCUT2D eigenvalue weighted by Crippen LogP contribution is 2.25. The molecule has 0 radical (unpaired) electrons. The summed E-state index contributed by atoms with van der Waals surface area (Å²) in [6.07, 6.45) is 0. The summed E-state index contributed by atoms with van der Waals surface area (Å²) in [7, 11) is 0. The second kappa shape index (κ2) is 5.88. The summed E-state index contributed by atoms with van der Waals surface area (Å²) in [6.45, 7) is 3.92. The first-order valence-corrected chi connectivity index (χ1v) is 6.89. The zero-order chi connectivity index (χ0) is 13.8. The number of aryl methyl sites for hydroxylation is 1. The van der Waals surface area contributed by atoms with Crippen molar-refractivity contribution < 1.29 is 9.90 Å². The average Bonchev–Trinajstić information content (AvgIpc) is 2.78. The maximum atomic E-state index is 10.7. The van der Waals surface area contributed by atoms with Gasteiger partial charge in [-0.3, -0.25) is 9.36 Å². The number of aliphatic carboxylic acids is 1. The van der Waals surface area contributed by atoms with Crippen molar-refractivity contribution in [3.05, 3.63) is 41.7 Å². The highest BCUT2D eigenvalue weighted by molar-refractivity contribution is 7.99. The SMILES string of the molecule is Cc1nnc(SCC(=O)O)n1C(C)c1ccccc1. The molecule has 1 aromatic heterocycles. The number of carboxylic acid groups (broad SMARTS) is 1. The van der Waals surface area contributed by atoms with E-state index in [1.807, 2.05) is 41.8 Å². The largest absolute Gasteiger partial charge is 0.481 e. The fraction of sp³-hybridized carbons (Fsp3) is 0.308. The number of hydrogen-bond acceptors (Lipinski definition) is 4. The number of hydrogen-bond donors (Lipinski definition) is 1. The van der Waals surface area contributed by atoms with E-state index in [1.54, 1.807) is 0 Å². The minimum Gasteiger partial charge on any atom is -0.481 e. The Labute approximate surface area is 115 Å². The Morgan fingerprint density at radius 2 is 2.05 bits per heavy atom. The Bertz CT molecular complexity index is 569. The van der Waals surface area contributed by atoms with Crippen LogP contribution in [0.3, 0.4) is 0 Å². The predicted molar refractivity (Wildman–Crippen MR) is 73.4 cm³/mol. The highest BCUT2D eigenvalue weighted by Gasteiger charge is 2.17. The molecule has 0 saturated carbocycles. The van der Waals surface area contributed by atoms with E-state index in [9.17, 15) is 4.79 Å². The highest BCUT2D eigenvalue weighted by atomic mass is 32.2. The standard InChI is InChI=1S/C13H15N3O2S/c1-9(11-6-4-3-5-7-11)16-10(2)14-15-13(16)19-8-12(17)18/h3-7,9H,8H2,1-2H3,(H,17,18). The number of carbonyl (C=O) groups is 1. The third-order valence-electron chi connectivity index (χ3n) is 2.83. The third kappa shape index (κ3) is 3.14. The lowest BCUT2D eigenvalue weighted by atomic mass is 10.1. The Morgan fingerprint density at radius 1 is 1.37 bits per heavy atom. The van der Waals surface area contributed by atoms with Gasteiger partial charge in [-0.25, -0.2) is 0 Å². The fourth-order valence-electron chi connectivity index (χ4n) is 1.90. The normalized spacial score (nSPS) is 12.3. The quantitative estimate of drug-likeness (QED) is 0.850. The van der Waals surface area contributed by atoms with Crippen molar-refractivity contribution in [3.8, 4) is 0 Å². The van der Waals surface area contributed by atoms with Gasteiger partial charge in [0, 0.05) is 0 Å². The first-order valence-electron chi connectivity index (χ1n) is 5.90. The van der Waals surface area contributed by atoms with Crippen LogP contribution in [0.4, 0.5) is 0 Å². The van der Waals surface area contributed by atoms with Crippen LogP contribution in [0.2, 0.25) is 0 Å². The van der Waals surface area contributed by atoms with Crippen LogP contribution >= 0.6 is 11.8 Å². The van der Waals surface area contributed by atoms with Gasteiger partial charge in [0.05, 0.1) is 11.8 Å². The Hall–Kier alpha value is -1.82. The molecule has 0 bridgehead atoms. The van der Waals surface area contributed by atoms with Crippen molar-refractivity contribution in [2.75, 3.05) is 5.75 Å². The molecule has 0 aliphatic carbocycles. The van der Waals surface area contributed by atoms with E-state index in [4.69, 9.17) is 5.11 Å². The molecule has 1 heterocycles. The minimum absolute atomic E-state index is 0.0142. The molecule has 6 heteroatoms. The molecule has 0 fully saturated rings. The van der Waals surface area contributed by atoms with Gasteiger partial charge >= 0.3 is 5.97 Å². The van der Waals surface area contributed by atoms with Crippen LogP contribution in [0.25, 0.3) is 0 Å². The predicted octanol–water partition coefficient (Wildman–Crippen LogP) is 2.37. The Balaban J connectivity index is 2.28. The van der Waals surface area contributed by atoms with Crippen LogP contribution in [0, 0.1) is 6.92 Å². The van der Waals surface area contributed by atoms with Crippen molar-refractivity contribution in [1.29, 1.82) is 0 Å². The average molecular weight is 277 g/mol. The molecule has 2 aromatic rings. The number of carboxylic acids is 1. The van der Waals surface area contributed by atoms with Gasteiger partial charge in [0.2, 0.25) is 0 Å². The molecule has 0 saturated heterocycles. The lowest BCUT2D eigenvalue weighted by Crippen LogP contribution is -2.11. The second-order valence-electron chi connectivity index (χ2n) is 4.17. The maximum absolute atomic E-state index is 10.7. The molecule has 1 N–H and O–H groups in total. The van der Waals surface area contributed by atoms with E-state index >= 15 is 0 Å². The monoisotopic (exact) mass is 277 g/mol. The fourth-order valence-corrected chi connectivity index (χ4v) is 2.68. The molecule has 2 rings (SSSR count). The van der Waals surface area contributed by atoms with Crippen molar-refractivity contribution >= 4 is 17.7 Å². The summed E-state index contributed by atoms with van der Waals surface area (Å²) in [5, 5.41) is 17.5. The van der Waals surface area contributed by atoms with E-state index in [2.05, 4.69) is 17.1 Å². The summed E-state index contributed by atoms with van der Waals surface area (Å²) in [5.41, 5.74) is 1.14. The number of benzene rings is 1. The van der Waals surface area contributed by atoms with E-state index in [0.29, 0.717) is 5.16 Å². The van der Waals surface area contributed by atoms with Crippen molar-refractivity contribution in [1.82, 2.24) is 14.8 Å². The molecular weight excluding hydrogens is 262 g/mol. The van der Waals surface area contributed by atoms with Gasteiger partial charge in [-0.05, 0) is 19.4 Å². The van der Waals surface area contributed by atoms with Gasteiger partial charge in [0.15, 0.2) is 5.16 Å². The minimum atomic E-state index is -0.857. The van der Waals surface area contributed by atoms with E-state index < -0.39 is 5.97 Å². The summed E-state index contributed by atoms with van der Waals surface area (Å²) >= 11 is 1.19. The maximum Gasteiger partial charge on any atom is 0.313 e. The molecule has 0 aliphatic rings. The number of rotatable bonds is 5. The summed E-state index contributed by atoms with van der Waals surface area (Å²) < 4.78 is 1.96.